The molecule has 0 aromatic rings. The molecule has 1 aliphatic carbocycles. The first-order chi connectivity index (χ1) is 10.7. The molecule has 130 valence electrons. The topological polar surface area (TPSA) is 60.7 Å². The molecule has 0 bridgehead atoms. The predicted octanol–water partition coefficient (Wildman–Crippen LogP) is 4.87. The van der Waals surface area contributed by atoms with Crippen LogP contribution < -0.4 is 0 Å². The first-order valence-corrected chi connectivity index (χ1v) is 9.43. The van der Waals surface area contributed by atoms with Gasteiger partial charge in [-0.1, -0.05) is 77.0 Å². The van der Waals surface area contributed by atoms with E-state index in [1.807, 2.05) is 0 Å². The lowest BCUT2D eigenvalue weighted by atomic mass is 9.93. The molecule has 0 radical (unpaired) electrons. The Morgan fingerprint density at radius 1 is 0.773 bits per heavy atom. The fourth-order valence-electron chi connectivity index (χ4n) is 3.34. The molecule has 0 saturated heterocycles. The van der Waals surface area contributed by atoms with Crippen LogP contribution in [0.2, 0.25) is 0 Å². The average molecular weight is 312 g/mol. The molecule has 1 saturated carbocycles. The highest BCUT2D eigenvalue weighted by Gasteiger charge is 2.12. The molecule has 3 nitrogen and oxygen atoms in total. The van der Waals surface area contributed by atoms with E-state index in [-0.39, 0.29) is 5.76 Å². The first-order valence-electron chi connectivity index (χ1n) is 9.43. The molecule has 0 aromatic heterocycles. The molecule has 0 heterocycles. The van der Waals surface area contributed by atoms with Gasteiger partial charge in [-0.3, -0.25) is 0 Å². The molecule has 1 aliphatic rings. The van der Waals surface area contributed by atoms with E-state index in [2.05, 4.69) is 0 Å². The minimum Gasteiger partial charge on any atom is -0.510 e. The van der Waals surface area contributed by atoms with Gasteiger partial charge in [0.1, 0.15) is 11.9 Å². The molecule has 0 spiro atoms. The zero-order chi connectivity index (χ0) is 16.0. The highest BCUT2D eigenvalue weighted by molar-refractivity contribution is 5.00. The fourth-order valence-corrected chi connectivity index (χ4v) is 3.34. The summed E-state index contributed by atoms with van der Waals surface area (Å²) < 4.78 is 0. The van der Waals surface area contributed by atoms with Crippen LogP contribution in [-0.4, -0.2) is 28.0 Å². The van der Waals surface area contributed by atoms with Gasteiger partial charge in [0.25, 0.3) is 0 Å². The van der Waals surface area contributed by atoms with Crippen molar-refractivity contribution in [3.05, 3.63) is 11.8 Å². The normalized spacial score (nSPS) is 23.5. The van der Waals surface area contributed by atoms with Crippen LogP contribution in [0.1, 0.15) is 89.9 Å². The Bertz CT molecular complexity index is 272. The Kier molecular flexibility index (Phi) is 11.5. The van der Waals surface area contributed by atoms with Gasteiger partial charge in [0, 0.05) is 0 Å². The van der Waals surface area contributed by atoms with Gasteiger partial charge in [-0.05, 0) is 24.8 Å². The number of allylic oxidation sites excluding steroid dienone is 1. The predicted molar refractivity (Wildman–Crippen MR) is 91.9 cm³/mol. The van der Waals surface area contributed by atoms with E-state index in [9.17, 15) is 10.2 Å². The summed E-state index contributed by atoms with van der Waals surface area (Å²) in [5, 5.41) is 28.2. The van der Waals surface area contributed by atoms with Crippen molar-refractivity contribution >= 4 is 0 Å². The van der Waals surface area contributed by atoms with E-state index >= 15 is 0 Å². The molecule has 22 heavy (non-hydrogen) atoms. The molecule has 3 heteroatoms. The Balaban J connectivity index is 2.45. The largest absolute Gasteiger partial charge is 0.510 e. The zero-order valence-corrected chi connectivity index (χ0v) is 14.2. The molecule has 3 N–H and O–H groups in total. The first kappa shape index (κ1) is 19.5. The van der Waals surface area contributed by atoms with Crippen molar-refractivity contribution in [1.82, 2.24) is 0 Å². The van der Waals surface area contributed by atoms with Gasteiger partial charge in [-0.2, -0.15) is 0 Å². The monoisotopic (exact) mass is 312 g/mol. The zero-order valence-electron chi connectivity index (χ0n) is 14.2. The second kappa shape index (κ2) is 13.0. The Morgan fingerprint density at radius 2 is 1.14 bits per heavy atom. The third-order valence-corrected chi connectivity index (χ3v) is 4.82. The van der Waals surface area contributed by atoms with Crippen molar-refractivity contribution in [1.29, 1.82) is 0 Å². The maximum atomic E-state index is 9.83. The van der Waals surface area contributed by atoms with Crippen molar-refractivity contribution in [3.8, 4) is 0 Å². The summed E-state index contributed by atoms with van der Waals surface area (Å²) in [4.78, 5) is 0. The van der Waals surface area contributed by atoms with E-state index in [0.717, 1.165) is 12.8 Å². The molecule has 1 rings (SSSR count). The number of rotatable bonds is 3. The Morgan fingerprint density at radius 3 is 1.50 bits per heavy atom. The molecular weight excluding hydrogens is 276 g/mol. The summed E-state index contributed by atoms with van der Waals surface area (Å²) in [5.41, 5.74) is 0. The van der Waals surface area contributed by atoms with E-state index in [4.69, 9.17) is 5.11 Å². The highest BCUT2D eigenvalue weighted by atomic mass is 16.3. The summed E-state index contributed by atoms with van der Waals surface area (Å²) in [6.07, 6.45) is 18.7. The fraction of sp³-hybridized carbons (Fsp3) is 0.895. The van der Waals surface area contributed by atoms with Gasteiger partial charge in [-0.15, -0.1) is 0 Å². The van der Waals surface area contributed by atoms with Crippen LogP contribution in [0.4, 0.5) is 0 Å². The van der Waals surface area contributed by atoms with Gasteiger partial charge in [-0.25, -0.2) is 0 Å². The lowest BCUT2D eigenvalue weighted by molar-refractivity contribution is 0.0858. The summed E-state index contributed by atoms with van der Waals surface area (Å²) in [6.45, 7) is -0.408. The van der Waals surface area contributed by atoms with Crippen molar-refractivity contribution in [2.75, 3.05) is 6.61 Å². The summed E-state index contributed by atoms with van der Waals surface area (Å²) in [7, 11) is 0. The molecule has 1 fully saturated rings. The molecule has 1 unspecified atom stereocenters. The minimum absolute atomic E-state index is 0.0505. The second-order valence-electron chi connectivity index (χ2n) is 6.87. The Hall–Kier alpha value is -0.540. The van der Waals surface area contributed by atoms with E-state index in [0.29, 0.717) is 5.92 Å². The van der Waals surface area contributed by atoms with E-state index < -0.39 is 12.7 Å². The minimum atomic E-state index is -1.11. The van der Waals surface area contributed by atoms with Gasteiger partial charge in [0.15, 0.2) is 0 Å². The standard InChI is InChI=1S/C19H36O3/c20-16-19(22)18(21)15-17-13-11-9-7-5-3-1-2-4-6-8-10-12-14-17/h15,17,19-22H,1-14,16H2/b18-15-. The van der Waals surface area contributed by atoms with Crippen LogP contribution in [0.3, 0.4) is 0 Å². The second-order valence-corrected chi connectivity index (χ2v) is 6.87. The third-order valence-electron chi connectivity index (χ3n) is 4.82. The van der Waals surface area contributed by atoms with Crippen LogP contribution in [0, 0.1) is 5.92 Å². The van der Waals surface area contributed by atoms with Gasteiger partial charge >= 0.3 is 0 Å². The van der Waals surface area contributed by atoms with Crippen LogP contribution in [0.15, 0.2) is 11.8 Å². The number of aliphatic hydroxyl groups excluding tert-OH is 3. The molecule has 0 amide bonds. The van der Waals surface area contributed by atoms with Crippen molar-refractivity contribution in [2.24, 2.45) is 5.92 Å². The van der Waals surface area contributed by atoms with Crippen molar-refractivity contribution in [3.63, 3.8) is 0 Å². The highest BCUT2D eigenvalue weighted by Crippen LogP contribution is 2.22. The summed E-state index contributed by atoms with van der Waals surface area (Å²) in [5.74, 6) is 0.289. The molecule has 0 aromatic carbocycles. The summed E-state index contributed by atoms with van der Waals surface area (Å²) >= 11 is 0. The van der Waals surface area contributed by atoms with Crippen molar-refractivity contribution in [2.45, 2.75) is 96.0 Å². The van der Waals surface area contributed by atoms with E-state index in [1.165, 1.54) is 77.0 Å². The van der Waals surface area contributed by atoms with Crippen LogP contribution in [0.25, 0.3) is 0 Å². The Labute approximate surface area is 136 Å². The van der Waals surface area contributed by atoms with Crippen LogP contribution in [0.5, 0.6) is 0 Å². The molecular formula is C19H36O3. The van der Waals surface area contributed by atoms with Gasteiger partial charge in [0.05, 0.1) is 6.61 Å². The lowest BCUT2D eigenvalue weighted by Crippen LogP contribution is -2.16. The van der Waals surface area contributed by atoms with Crippen LogP contribution >= 0.6 is 0 Å². The van der Waals surface area contributed by atoms with Crippen LogP contribution in [-0.2, 0) is 0 Å². The third kappa shape index (κ3) is 9.47. The SMILES string of the molecule is OCC(O)/C(O)=C/C1CCCCCCCCCCCCCC1. The summed E-state index contributed by atoms with van der Waals surface area (Å²) in [6, 6.07) is 0. The van der Waals surface area contributed by atoms with Crippen molar-refractivity contribution < 1.29 is 15.3 Å². The smallest absolute Gasteiger partial charge is 0.133 e. The maximum Gasteiger partial charge on any atom is 0.133 e. The number of hydrogen-bond acceptors (Lipinski definition) is 3. The van der Waals surface area contributed by atoms with Gasteiger partial charge < -0.3 is 15.3 Å². The lowest BCUT2D eigenvalue weighted by Gasteiger charge is -2.15. The quantitative estimate of drug-likeness (QED) is 0.651. The maximum absolute atomic E-state index is 9.83. The number of hydrogen-bond donors (Lipinski definition) is 3. The van der Waals surface area contributed by atoms with E-state index in [1.54, 1.807) is 6.08 Å². The number of aliphatic hydroxyl groups is 3. The molecule has 1 atom stereocenters. The van der Waals surface area contributed by atoms with Gasteiger partial charge in [0.2, 0.25) is 0 Å². The average Bonchev–Trinajstić information content (AvgIpc) is 2.54. The molecule has 0 aliphatic heterocycles.